The Hall–Kier alpha value is -1.44. The molecule has 2 rings (SSSR count). The lowest BCUT2D eigenvalue weighted by Gasteiger charge is -2.13. The summed E-state index contributed by atoms with van der Waals surface area (Å²) < 4.78 is 64.4. The van der Waals surface area contributed by atoms with Gasteiger partial charge < -0.3 is 0 Å². The molecular formula is C13H8Cl2F3NO2S. The normalized spacial score (nSPS) is 12.2. The van der Waals surface area contributed by atoms with Crippen LogP contribution in [0.5, 0.6) is 0 Å². The summed E-state index contributed by atoms with van der Waals surface area (Å²) in [6.45, 7) is 0. The van der Waals surface area contributed by atoms with Crippen LogP contribution >= 0.6 is 23.2 Å². The smallest absolute Gasteiger partial charge is 0.277 e. The Morgan fingerprint density at radius 2 is 1.50 bits per heavy atom. The van der Waals surface area contributed by atoms with Gasteiger partial charge in [0.1, 0.15) is 0 Å². The van der Waals surface area contributed by atoms with E-state index in [-0.39, 0.29) is 15.7 Å². The van der Waals surface area contributed by atoms with Crippen molar-refractivity contribution in [3.8, 4) is 0 Å². The van der Waals surface area contributed by atoms with Crippen LogP contribution in [0.15, 0.2) is 47.4 Å². The highest BCUT2D eigenvalue weighted by atomic mass is 35.5. The molecular weight excluding hydrogens is 362 g/mol. The molecule has 0 amide bonds. The SMILES string of the molecule is O=S(=O)(Nc1c(Cl)cccc1Cl)c1cccc(C(F)(F)F)c1. The summed E-state index contributed by atoms with van der Waals surface area (Å²) in [7, 11) is -4.26. The molecule has 0 saturated heterocycles. The number of rotatable bonds is 3. The van der Waals surface area contributed by atoms with Crippen molar-refractivity contribution in [3.05, 3.63) is 58.1 Å². The lowest BCUT2D eigenvalue weighted by molar-refractivity contribution is -0.137. The molecule has 0 fully saturated rings. The third-order valence-corrected chi connectivity index (χ3v) is 4.65. The van der Waals surface area contributed by atoms with Gasteiger partial charge in [-0.3, -0.25) is 4.72 Å². The molecule has 0 aliphatic carbocycles. The summed E-state index contributed by atoms with van der Waals surface area (Å²) in [6.07, 6.45) is -4.65. The van der Waals surface area contributed by atoms with Gasteiger partial charge in [-0.1, -0.05) is 35.3 Å². The minimum Gasteiger partial charge on any atom is -0.277 e. The van der Waals surface area contributed by atoms with E-state index in [2.05, 4.69) is 4.72 Å². The number of nitrogens with one attached hydrogen (secondary N) is 1. The van der Waals surface area contributed by atoms with E-state index >= 15 is 0 Å². The Labute approximate surface area is 134 Å². The second kappa shape index (κ2) is 5.98. The van der Waals surface area contributed by atoms with Gasteiger partial charge in [0.25, 0.3) is 10.0 Å². The minimum atomic E-state index is -4.65. The van der Waals surface area contributed by atoms with Crippen molar-refractivity contribution in [3.63, 3.8) is 0 Å². The molecule has 0 aliphatic heterocycles. The summed E-state index contributed by atoms with van der Waals surface area (Å²) >= 11 is 11.7. The summed E-state index contributed by atoms with van der Waals surface area (Å²) in [5.41, 5.74) is -1.16. The minimum absolute atomic E-state index is 0.0306. The Morgan fingerprint density at radius 1 is 0.955 bits per heavy atom. The second-order valence-electron chi connectivity index (χ2n) is 4.23. The summed E-state index contributed by atoms with van der Waals surface area (Å²) in [4.78, 5) is -0.543. The van der Waals surface area contributed by atoms with Crippen LogP contribution in [-0.2, 0) is 16.2 Å². The standard InChI is InChI=1S/C13H8Cl2F3NO2S/c14-10-5-2-6-11(15)12(10)19-22(20,21)9-4-1-3-8(7-9)13(16,17)18/h1-7,19H. The van der Waals surface area contributed by atoms with Crippen LogP contribution in [0.4, 0.5) is 18.9 Å². The molecule has 0 atom stereocenters. The fourth-order valence-corrected chi connectivity index (χ4v) is 3.38. The van der Waals surface area contributed by atoms with E-state index < -0.39 is 26.7 Å². The van der Waals surface area contributed by atoms with Crippen molar-refractivity contribution in [2.24, 2.45) is 0 Å². The molecule has 0 radical (unpaired) electrons. The summed E-state index contributed by atoms with van der Waals surface area (Å²) in [6, 6.07) is 7.67. The number of benzene rings is 2. The molecule has 0 aliphatic rings. The first-order chi connectivity index (χ1) is 10.1. The maximum absolute atomic E-state index is 12.7. The molecule has 1 N–H and O–H groups in total. The second-order valence-corrected chi connectivity index (χ2v) is 6.72. The fraction of sp³-hybridized carbons (Fsp3) is 0.0769. The number of sulfonamides is 1. The topological polar surface area (TPSA) is 46.2 Å². The van der Waals surface area contributed by atoms with Crippen molar-refractivity contribution < 1.29 is 21.6 Å². The molecule has 3 nitrogen and oxygen atoms in total. The Bertz CT molecular complexity index is 787. The summed E-state index contributed by atoms with van der Waals surface area (Å²) in [5.74, 6) is 0. The largest absolute Gasteiger partial charge is 0.416 e. The highest BCUT2D eigenvalue weighted by Crippen LogP contribution is 2.33. The van der Waals surface area contributed by atoms with E-state index in [1.54, 1.807) is 0 Å². The first-order valence-electron chi connectivity index (χ1n) is 5.75. The Balaban J connectivity index is 2.44. The number of hydrogen-bond acceptors (Lipinski definition) is 2. The maximum atomic E-state index is 12.7. The zero-order valence-corrected chi connectivity index (χ0v) is 13.0. The van der Waals surface area contributed by atoms with Gasteiger partial charge in [-0.15, -0.1) is 0 Å². The number of hydrogen-bond donors (Lipinski definition) is 1. The lowest BCUT2D eigenvalue weighted by Crippen LogP contribution is -2.15. The van der Waals surface area contributed by atoms with Crippen LogP contribution in [0.1, 0.15) is 5.56 Å². The molecule has 0 spiro atoms. The molecule has 2 aromatic carbocycles. The number of halogens is 5. The van der Waals surface area contributed by atoms with Crippen molar-refractivity contribution in [1.82, 2.24) is 0 Å². The lowest BCUT2D eigenvalue weighted by atomic mass is 10.2. The third kappa shape index (κ3) is 3.66. The van der Waals surface area contributed by atoms with E-state index in [9.17, 15) is 21.6 Å². The molecule has 0 unspecified atom stereocenters. The van der Waals surface area contributed by atoms with Gasteiger partial charge in [0.15, 0.2) is 0 Å². The molecule has 2 aromatic rings. The fourth-order valence-electron chi connectivity index (χ4n) is 1.63. The molecule has 0 heterocycles. The van der Waals surface area contributed by atoms with Gasteiger partial charge in [-0.2, -0.15) is 13.2 Å². The highest BCUT2D eigenvalue weighted by Gasteiger charge is 2.31. The number of para-hydroxylation sites is 1. The third-order valence-electron chi connectivity index (χ3n) is 2.67. The van der Waals surface area contributed by atoms with E-state index in [1.807, 2.05) is 0 Å². The van der Waals surface area contributed by atoms with Crippen LogP contribution in [-0.4, -0.2) is 8.42 Å². The van der Waals surface area contributed by atoms with Gasteiger partial charge in [-0.25, -0.2) is 8.42 Å². The van der Waals surface area contributed by atoms with Crippen LogP contribution in [0.25, 0.3) is 0 Å². The van der Waals surface area contributed by atoms with Gasteiger partial charge in [-0.05, 0) is 30.3 Å². The average molecular weight is 370 g/mol. The van der Waals surface area contributed by atoms with Gasteiger partial charge in [0.05, 0.1) is 26.2 Å². The predicted molar refractivity (Wildman–Crippen MR) is 78.7 cm³/mol. The predicted octanol–water partition coefficient (Wildman–Crippen LogP) is 4.81. The van der Waals surface area contributed by atoms with Gasteiger partial charge in [0, 0.05) is 0 Å². The zero-order chi connectivity index (χ0) is 16.5. The molecule has 9 heteroatoms. The first-order valence-corrected chi connectivity index (χ1v) is 7.99. The van der Waals surface area contributed by atoms with Crippen molar-refractivity contribution >= 4 is 38.9 Å². The quantitative estimate of drug-likeness (QED) is 0.843. The van der Waals surface area contributed by atoms with Crippen LogP contribution in [0.3, 0.4) is 0 Å². The van der Waals surface area contributed by atoms with E-state index in [1.165, 1.54) is 18.2 Å². The van der Waals surface area contributed by atoms with Crippen molar-refractivity contribution in [1.29, 1.82) is 0 Å². The molecule has 0 aromatic heterocycles. The number of alkyl halides is 3. The van der Waals surface area contributed by atoms with Gasteiger partial charge in [0.2, 0.25) is 0 Å². The van der Waals surface area contributed by atoms with Gasteiger partial charge >= 0.3 is 6.18 Å². The van der Waals surface area contributed by atoms with Crippen molar-refractivity contribution in [2.75, 3.05) is 4.72 Å². The highest BCUT2D eigenvalue weighted by molar-refractivity contribution is 7.92. The molecule has 0 bridgehead atoms. The molecule has 118 valence electrons. The number of anilines is 1. The van der Waals surface area contributed by atoms with E-state index in [0.717, 1.165) is 18.2 Å². The van der Waals surface area contributed by atoms with Crippen LogP contribution < -0.4 is 4.72 Å². The maximum Gasteiger partial charge on any atom is 0.416 e. The van der Waals surface area contributed by atoms with Crippen LogP contribution in [0.2, 0.25) is 10.0 Å². The Kier molecular flexibility index (Phi) is 4.60. The molecule has 0 saturated carbocycles. The molecule has 22 heavy (non-hydrogen) atoms. The van der Waals surface area contributed by atoms with Crippen LogP contribution in [0, 0.1) is 0 Å². The summed E-state index contributed by atoms with van der Waals surface area (Å²) in [5, 5.41) is 0.0612. The monoisotopic (exact) mass is 369 g/mol. The van der Waals surface area contributed by atoms with E-state index in [0.29, 0.717) is 6.07 Å². The Morgan fingerprint density at radius 3 is 2.05 bits per heavy atom. The van der Waals surface area contributed by atoms with Crippen molar-refractivity contribution in [2.45, 2.75) is 11.1 Å². The average Bonchev–Trinajstić information content (AvgIpc) is 2.42. The van der Waals surface area contributed by atoms with E-state index in [4.69, 9.17) is 23.2 Å². The first kappa shape index (κ1) is 16.9. The zero-order valence-electron chi connectivity index (χ0n) is 10.7.